The largest absolute Gasteiger partial charge is 0.393 e. The van der Waals surface area contributed by atoms with Crippen molar-refractivity contribution in [3.8, 4) is 0 Å². The monoisotopic (exact) mass is 263 g/mol. The number of anilines is 2. The number of hydrogen-bond acceptors (Lipinski definition) is 5. The molecule has 2 rings (SSSR count). The van der Waals surface area contributed by atoms with Gasteiger partial charge in [-0.1, -0.05) is 11.6 Å². The fraction of sp³-hybridized carbons (Fsp3) is 0.250. The van der Waals surface area contributed by atoms with Crippen molar-refractivity contribution in [3.63, 3.8) is 0 Å². The SMILES string of the molecule is CN(CCc1ccncc1)c1ncnc(Cl)c1N. The lowest BCUT2D eigenvalue weighted by Crippen LogP contribution is -2.22. The first-order valence-electron chi connectivity index (χ1n) is 5.54. The van der Waals surface area contributed by atoms with Gasteiger partial charge in [-0.15, -0.1) is 0 Å². The van der Waals surface area contributed by atoms with Crippen LogP contribution in [0.1, 0.15) is 5.56 Å². The molecule has 0 fully saturated rings. The van der Waals surface area contributed by atoms with Gasteiger partial charge in [-0.25, -0.2) is 9.97 Å². The van der Waals surface area contributed by atoms with E-state index in [1.807, 2.05) is 24.1 Å². The Balaban J connectivity index is 2.04. The van der Waals surface area contributed by atoms with Crippen LogP contribution in [0.15, 0.2) is 30.9 Å². The van der Waals surface area contributed by atoms with E-state index in [2.05, 4.69) is 15.0 Å². The molecule has 0 aromatic carbocycles. The average molecular weight is 264 g/mol. The molecule has 18 heavy (non-hydrogen) atoms. The van der Waals surface area contributed by atoms with Crippen LogP contribution in [0.25, 0.3) is 0 Å². The van der Waals surface area contributed by atoms with Gasteiger partial charge in [0.05, 0.1) is 0 Å². The van der Waals surface area contributed by atoms with Crippen molar-refractivity contribution in [3.05, 3.63) is 41.6 Å². The third-order valence-electron chi connectivity index (χ3n) is 2.66. The first-order chi connectivity index (χ1) is 8.68. The maximum Gasteiger partial charge on any atom is 0.157 e. The molecule has 2 aromatic rings. The van der Waals surface area contributed by atoms with Crippen LogP contribution in [0.4, 0.5) is 11.5 Å². The second-order valence-electron chi connectivity index (χ2n) is 3.93. The predicted octanol–water partition coefficient (Wildman–Crippen LogP) is 1.79. The Morgan fingerprint density at radius 2 is 2.00 bits per heavy atom. The summed E-state index contributed by atoms with van der Waals surface area (Å²) in [6.07, 6.45) is 5.87. The van der Waals surface area contributed by atoms with Gasteiger partial charge in [0.25, 0.3) is 0 Å². The Bertz CT molecular complexity index is 517. The molecule has 0 unspecified atom stereocenters. The van der Waals surface area contributed by atoms with E-state index < -0.39 is 0 Å². The Kier molecular flexibility index (Phi) is 3.94. The lowest BCUT2D eigenvalue weighted by Gasteiger charge is -2.19. The summed E-state index contributed by atoms with van der Waals surface area (Å²) in [7, 11) is 1.93. The molecule has 0 aliphatic rings. The van der Waals surface area contributed by atoms with E-state index in [0.29, 0.717) is 11.5 Å². The van der Waals surface area contributed by atoms with Gasteiger partial charge in [-0.2, -0.15) is 0 Å². The van der Waals surface area contributed by atoms with Crippen molar-refractivity contribution in [2.24, 2.45) is 0 Å². The van der Waals surface area contributed by atoms with Crippen molar-refractivity contribution >= 4 is 23.1 Å². The van der Waals surface area contributed by atoms with Crippen LogP contribution < -0.4 is 10.6 Å². The summed E-state index contributed by atoms with van der Waals surface area (Å²) in [4.78, 5) is 13.9. The van der Waals surface area contributed by atoms with Gasteiger partial charge in [-0.05, 0) is 24.1 Å². The number of rotatable bonds is 4. The molecule has 0 radical (unpaired) electrons. The fourth-order valence-corrected chi connectivity index (χ4v) is 1.75. The van der Waals surface area contributed by atoms with Gasteiger partial charge < -0.3 is 10.6 Å². The molecule has 0 spiro atoms. The molecule has 0 bridgehead atoms. The normalized spacial score (nSPS) is 10.3. The summed E-state index contributed by atoms with van der Waals surface area (Å²) in [5.41, 5.74) is 7.48. The second-order valence-corrected chi connectivity index (χ2v) is 4.29. The highest BCUT2D eigenvalue weighted by Gasteiger charge is 2.10. The number of likely N-dealkylation sites (N-methyl/N-ethyl adjacent to an activating group) is 1. The van der Waals surface area contributed by atoms with Crippen LogP contribution in [-0.2, 0) is 6.42 Å². The molecule has 0 atom stereocenters. The highest BCUT2D eigenvalue weighted by molar-refractivity contribution is 6.32. The molecule has 6 heteroatoms. The molecular formula is C12H14ClN5. The molecule has 0 aliphatic heterocycles. The van der Waals surface area contributed by atoms with E-state index >= 15 is 0 Å². The number of hydrogen-bond donors (Lipinski definition) is 1. The Labute approximate surface area is 111 Å². The number of nitrogen functional groups attached to an aromatic ring is 1. The molecule has 2 aromatic heterocycles. The highest BCUT2D eigenvalue weighted by atomic mass is 35.5. The van der Waals surface area contributed by atoms with Gasteiger partial charge in [0.15, 0.2) is 11.0 Å². The van der Waals surface area contributed by atoms with Gasteiger partial charge >= 0.3 is 0 Å². The zero-order valence-corrected chi connectivity index (χ0v) is 10.8. The van der Waals surface area contributed by atoms with Crippen molar-refractivity contribution in [1.29, 1.82) is 0 Å². The number of aromatic nitrogens is 3. The van der Waals surface area contributed by atoms with Crippen molar-refractivity contribution < 1.29 is 0 Å². The molecule has 94 valence electrons. The summed E-state index contributed by atoms with van der Waals surface area (Å²) in [5.74, 6) is 0.657. The van der Waals surface area contributed by atoms with Gasteiger partial charge in [-0.3, -0.25) is 4.98 Å². The Morgan fingerprint density at radius 1 is 1.28 bits per heavy atom. The van der Waals surface area contributed by atoms with Crippen LogP contribution >= 0.6 is 11.6 Å². The number of nitrogens with two attached hydrogens (primary N) is 1. The van der Waals surface area contributed by atoms with E-state index in [1.165, 1.54) is 11.9 Å². The minimum Gasteiger partial charge on any atom is -0.393 e. The first kappa shape index (κ1) is 12.6. The minimum atomic E-state index is 0.288. The quantitative estimate of drug-likeness (QED) is 0.852. The van der Waals surface area contributed by atoms with E-state index in [9.17, 15) is 0 Å². The number of pyridine rings is 1. The fourth-order valence-electron chi connectivity index (χ4n) is 1.62. The maximum atomic E-state index is 5.86. The molecule has 2 N–H and O–H groups in total. The summed E-state index contributed by atoms with van der Waals surface area (Å²) >= 11 is 5.86. The zero-order valence-electron chi connectivity index (χ0n) is 10.0. The van der Waals surface area contributed by atoms with E-state index in [4.69, 9.17) is 17.3 Å². The highest BCUT2D eigenvalue weighted by Crippen LogP contribution is 2.24. The lowest BCUT2D eigenvalue weighted by molar-refractivity contribution is 0.856. The van der Waals surface area contributed by atoms with Crippen LogP contribution in [-0.4, -0.2) is 28.5 Å². The third-order valence-corrected chi connectivity index (χ3v) is 2.96. The number of halogens is 1. The molecular weight excluding hydrogens is 250 g/mol. The van der Waals surface area contributed by atoms with E-state index in [-0.39, 0.29) is 5.15 Å². The van der Waals surface area contributed by atoms with Crippen LogP contribution in [0.3, 0.4) is 0 Å². The molecule has 0 saturated carbocycles. The van der Waals surface area contributed by atoms with Gasteiger partial charge in [0.1, 0.15) is 12.0 Å². The Hall–Kier alpha value is -1.88. The molecule has 2 heterocycles. The van der Waals surface area contributed by atoms with Crippen LogP contribution in [0.2, 0.25) is 5.15 Å². The third kappa shape index (κ3) is 2.87. The van der Waals surface area contributed by atoms with Crippen molar-refractivity contribution in [2.45, 2.75) is 6.42 Å². The first-order valence-corrected chi connectivity index (χ1v) is 5.92. The minimum absolute atomic E-state index is 0.288. The van der Waals surface area contributed by atoms with E-state index in [0.717, 1.165) is 13.0 Å². The zero-order chi connectivity index (χ0) is 13.0. The van der Waals surface area contributed by atoms with Gasteiger partial charge in [0, 0.05) is 26.0 Å². The summed E-state index contributed by atoms with van der Waals surface area (Å²) in [6.45, 7) is 0.793. The van der Waals surface area contributed by atoms with E-state index in [1.54, 1.807) is 12.4 Å². The summed E-state index contributed by atoms with van der Waals surface area (Å²) in [5, 5.41) is 0.288. The van der Waals surface area contributed by atoms with Gasteiger partial charge in [0.2, 0.25) is 0 Å². The molecule has 0 aliphatic carbocycles. The standard InChI is InChI=1S/C12H14ClN5/c1-18(7-4-9-2-5-15-6-3-9)12-10(14)11(13)16-8-17-12/h2-3,5-6,8H,4,7,14H2,1H3. The maximum absolute atomic E-state index is 5.86. The predicted molar refractivity (Wildman–Crippen MR) is 72.7 cm³/mol. The topological polar surface area (TPSA) is 67.9 Å². The smallest absolute Gasteiger partial charge is 0.157 e. The number of nitrogens with zero attached hydrogens (tertiary/aromatic N) is 4. The Morgan fingerprint density at radius 3 is 2.72 bits per heavy atom. The average Bonchev–Trinajstić information content (AvgIpc) is 2.40. The summed E-state index contributed by atoms with van der Waals surface area (Å²) < 4.78 is 0. The molecule has 0 amide bonds. The van der Waals surface area contributed by atoms with Crippen LogP contribution in [0.5, 0.6) is 0 Å². The summed E-state index contributed by atoms with van der Waals surface area (Å²) in [6, 6.07) is 3.98. The van der Waals surface area contributed by atoms with Crippen molar-refractivity contribution in [1.82, 2.24) is 15.0 Å². The molecule has 5 nitrogen and oxygen atoms in total. The second kappa shape index (κ2) is 5.64. The molecule has 0 saturated heterocycles. The lowest BCUT2D eigenvalue weighted by atomic mass is 10.2. The van der Waals surface area contributed by atoms with Crippen molar-refractivity contribution in [2.75, 3.05) is 24.2 Å². The van der Waals surface area contributed by atoms with Crippen LogP contribution in [0, 0.1) is 0 Å².